The zero-order valence-corrected chi connectivity index (χ0v) is 10.9. The molecule has 0 aromatic rings. The van der Waals surface area contributed by atoms with Gasteiger partial charge in [-0.25, -0.2) is 9.59 Å². The van der Waals surface area contributed by atoms with E-state index in [4.69, 9.17) is 4.74 Å². The standard InChI is InChI=1S/C12H21N3O4/c16-10(17)12(3-7-19-8-4-12)15-11(18)14-9-1-5-13-6-2-9/h9,13H,1-8H2,(H,16,17)(H2,14,15,18). The number of carbonyl (C=O) groups is 2. The van der Waals surface area contributed by atoms with Crippen molar-refractivity contribution < 1.29 is 19.4 Å². The van der Waals surface area contributed by atoms with Crippen LogP contribution in [0, 0.1) is 0 Å². The van der Waals surface area contributed by atoms with Gasteiger partial charge in [0.2, 0.25) is 0 Å². The van der Waals surface area contributed by atoms with Crippen LogP contribution < -0.4 is 16.0 Å². The minimum atomic E-state index is -1.19. The fraction of sp³-hybridized carbons (Fsp3) is 0.833. The number of carbonyl (C=O) groups excluding carboxylic acids is 1. The Hall–Kier alpha value is -1.34. The summed E-state index contributed by atoms with van der Waals surface area (Å²) in [6, 6.07) is -0.275. The molecule has 0 bridgehead atoms. The zero-order chi connectivity index (χ0) is 13.7. The number of nitrogens with one attached hydrogen (secondary N) is 3. The Bertz CT molecular complexity index is 336. The molecule has 2 amide bonds. The largest absolute Gasteiger partial charge is 0.480 e. The van der Waals surface area contributed by atoms with Crippen molar-refractivity contribution in [3.63, 3.8) is 0 Å². The van der Waals surface area contributed by atoms with Crippen molar-refractivity contribution in [2.75, 3.05) is 26.3 Å². The fourth-order valence-corrected chi connectivity index (χ4v) is 2.52. The van der Waals surface area contributed by atoms with Crippen LogP contribution in [-0.4, -0.2) is 55.0 Å². The highest BCUT2D eigenvalue weighted by Gasteiger charge is 2.41. The maximum atomic E-state index is 11.9. The van der Waals surface area contributed by atoms with E-state index in [1.165, 1.54) is 0 Å². The molecule has 0 radical (unpaired) electrons. The van der Waals surface area contributed by atoms with Crippen LogP contribution in [0.3, 0.4) is 0 Å². The van der Waals surface area contributed by atoms with Crippen molar-refractivity contribution in [3.8, 4) is 0 Å². The monoisotopic (exact) mass is 271 g/mol. The van der Waals surface area contributed by atoms with E-state index in [9.17, 15) is 14.7 Å². The van der Waals surface area contributed by atoms with Crippen LogP contribution in [0.15, 0.2) is 0 Å². The molecule has 2 saturated heterocycles. The molecule has 0 atom stereocenters. The number of aliphatic carboxylic acids is 1. The van der Waals surface area contributed by atoms with Crippen molar-refractivity contribution in [3.05, 3.63) is 0 Å². The topological polar surface area (TPSA) is 99.7 Å². The number of piperidine rings is 1. The third-order valence-corrected chi connectivity index (χ3v) is 3.78. The number of amides is 2. The summed E-state index contributed by atoms with van der Waals surface area (Å²) >= 11 is 0. The second-order valence-electron chi connectivity index (χ2n) is 5.12. The van der Waals surface area contributed by atoms with E-state index in [-0.39, 0.29) is 6.04 Å². The van der Waals surface area contributed by atoms with Gasteiger partial charge in [-0.05, 0) is 25.9 Å². The molecule has 7 nitrogen and oxygen atoms in total. The van der Waals surface area contributed by atoms with Gasteiger partial charge in [-0.1, -0.05) is 0 Å². The molecular formula is C12H21N3O4. The van der Waals surface area contributed by atoms with Gasteiger partial charge in [0.15, 0.2) is 0 Å². The molecule has 4 N–H and O–H groups in total. The molecule has 2 aliphatic heterocycles. The first-order chi connectivity index (χ1) is 9.12. The number of carboxylic acid groups (broad SMARTS) is 1. The molecule has 7 heteroatoms. The van der Waals surface area contributed by atoms with Gasteiger partial charge >= 0.3 is 12.0 Å². The molecule has 0 aromatic carbocycles. The molecule has 108 valence electrons. The third kappa shape index (κ3) is 3.57. The molecule has 0 saturated carbocycles. The Labute approximate surface area is 112 Å². The van der Waals surface area contributed by atoms with Crippen LogP contribution in [0.25, 0.3) is 0 Å². The van der Waals surface area contributed by atoms with Crippen molar-refractivity contribution >= 4 is 12.0 Å². The lowest BCUT2D eigenvalue weighted by atomic mass is 9.90. The molecule has 0 aromatic heterocycles. The van der Waals surface area contributed by atoms with Gasteiger partial charge in [-0.2, -0.15) is 0 Å². The summed E-state index contributed by atoms with van der Waals surface area (Å²) in [5, 5.41) is 18.0. The summed E-state index contributed by atoms with van der Waals surface area (Å²) in [6.45, 7) is 2.48. The van der Waals surface area contributed by atoms with E-state index in [1.54, 1.807) is 0 Å². The molecule has 2 fully saturated rings. The Morgan fingerprint density at radius 3 is 2.42 bits per heavy atom. The van der Waals surface area contributed by atoms with Gasteiger partial charge in [0.1, 0.15) is 5.54 Å². The minimum absolute atomic E-state index is 0.118. The summed E-state index contributed by atoms with van der Waals surface area (Å²) in [6.07, 6.45) is 2.36. The van der Waals surface area contributed by atoms with Crippen LogP contribution >= 0.6 is 0 Å². The predicted molar refractivity (Wildman–Crippen MR) is 68.0 cm³/mol. The molecule has 0 spiro atoms. The maximum Gasteiger partial charge on any atom is 0.329 e. The van der Waals surface area contributed by atoms with E-state index < -0.39 is 17.5 Å². The number of carboxylic acids is 1. The molecular weight excluding hydrogens is 250 g/mol. The summed E-state index contributed by atoms with van der Waals surface area (Å²) in [5.74, 6) is -0.990. The second-order valence-corrected chi connectivity index (χ2v) is 5.12. The summed E-state index contributed by atoms with van der Waals surface area (Å²) in [7, 11) is 0. The average molecular weight is 271 g/mol. The van der Waals surface area contributed by atoms with Gasteiger partial charge in [-0.3, -0.25) is 0 Å². The highest BCUT2D eigenvalue weighted by atomic mass is 16.5. The van der Waals surface area contributed by atoms with E-state index in [2.05, 4.69) is 16.0 Å². The van der Waals surface area contributed by atoms with Gasteiger partial charge in [0, 0.05) is 32.1 Å². The molecule has 2 heterocycles. The lowest BCUT2D eigenvalue weighted by Gasteiger charge is -2.34. The second kappa shape index (κ2) is 6.21. The SMILES string of the molecule is O=C(NC1CCNCC1)NC1(C(=O)O)CCOCC1. The highest BCUT2D eigenvalue weighted by Crippen LogP contribution is 2.21. The van der Waals surface area contributed by atoms with Crippen molar-refractivity contribution in [1.29, 1.82) is 0 Å². The van der Waals surface area contributed by atoms with Gasteiger partial charge < -0.3 is 25.8 Å². The Morgan fingerprint density at radius 1 is 1.21 bits per heavy atom. The van der Waals surface area contributed by atoms with Gasteiger partial charge in [-0.15, -0.1) is 0 Å². The number of hydrogen-bond acceptors (Lipinski definition) is 4. The zero-order valence-electron chi connectivity index (χ0n) is 10.9. The number of urea groups is 1. The predicted octanol–water partition coefficient (Wildman–Crippen LogP) is -0.329. The molecule has 19 heavy (non-hydrogen) atoms. The molecule has 2 rings (SSSR count). The first-order valence-electron chi connectivity index (χ1n) is 6.73. The first-order valence-corrected chi connectivity index (χ1v) is 6.73. The van der Waals surface area contributed by atoms with E-state index in [0.29, 0.717) is 26.1 Å². The summed E-state index contributed by atoms with van der Waals surface area (Å²) in [5.41, 5.74) is -1.19. The van der Waals surface area contributed by atoms with Crippen molar-refractivity contribution in [2.24, 2.45) is 0 Å². The summed E-state index contributed by atoms with van der Waals surface area (Å²) in [4.78, 5) is 23.3. The van der Waals surface area contributed by atoms with Crippen molar-refractivity contribution in [2.45, 2.75) is 37.3 Å². The first kappa shape index (κ1) is 14.1. The fourth-order valence-electron chi connectivity index (χ4n) is 2.52. The van der Waals surface area contributed by atoms with Crippen LogP contribution in [0.4, 0.5) is 4.79 Å². The minimum Gasteiger partial charge on any atom is -0.480 e. The number of hydrogen-bond donors (Lipinski definition) is 4. The lowest BCUT2D eigenvalue weighted by molar-refractivity contribution is -0.148. The van der Waals surface area contributed by atoms with Crippen LogP contribution in [0.2, 0.25) is 0 Å². The van der Waals surface area contributed by atoms with E-state index >= 15 is 0 Å². The number of ether oxygens (including phenoxy) is 1. The van der Waals surface area contributed by atoms with Gasteiger partial charge in [0.25, 0.3) is 0 Å². The van der Waals surface area contributed by atoms with E-state index in [0.717, 1.165) is 25.9 Å². The maximum absolute atomic E-state index is 11.9. The van der Waals surface area contributed by atoms with Crippen molar-refractivity contribution in [1.82, 2.24) is 16.0 Å². The van der Waals surface area contributed by atoms with Crippen LogP contribution in [0.1, 0.15) is 25.7 Å². The lowest BCUT2D eigenvalue weighted by Crippen LogP contribution is -2.61. The average Bonchev–Trinajstić information content (AvgIpc) is 2.40. The molecule has 0 unspecified atom stereocenters. The third-order valence-electron chi connectivity index (χ3n) is 3.78. The highest BCUT2D eigenvalue weighted by molar-refractivity contribution is 5.86. The van der Waals surface area contributed by atoms with Crippen LogP contribution in [0.5, 0.6) is 0 Å². The molecule has 0 aliphatic carbocycles. The van der Waals surface area contributed by atoms with Gasteiger partial charge in [0.05, 0.1) is 0 Å². The van der Waals surface area contributed by atoms with Crippen LogP contribution in [-0.2, 0) is 9.53 Å². The molecule has 2 aliphatic rings. The Balaban J connectivity index is 1.89. The smallest absolute Gasteiger partial charge is 0.329 e. The quantitative estimate of drug-likeness (QED) is 0.563. The Kier molecular flexibility index (Phi) is 4.60. The Morgan fingerprint density at radius 2 is 1.84 bits per heavy atom. The number of rotatable bonds is 3. The summed E-state index contributed by atoms with van der Waals surface area (Å²) < 4.78 is 5.16. The van der Waals surface area contributed by atoms with E-state index in [1.807, 2.05) is 0 Å². The normalized spacial score (nSPS) is 23.6.